The van der Waals surface area contributed by atoms with Crippen molar-refractivity contribution in [3.8, 4) is 11.6 Å². The molecule has 19 heavy (non-hydrogen) atoms. The first-order chi connectivity index (χ1) is 8.84. The molecular weight excluding hydrogens is 274 g/mol. The van der Waals surface area contributed by atoms with Gasteiger partial charge in [0.1, 0.15) is 12.2 Å². The van der Waals surface area contributed by atoms with Gasteiger partial charge in [-0.05, 0) is 0 Å². The van der Waals surface area contributed by atoms with Gasteiger partial charge >= 0.3 is 12.3 Å². The summed E-state index contributed by atoms with van der Waals surface area (Å²) in [4.78, 5) is 14.7. The van der Waals surface area contributed by atoms with Crippen LogP contribution in [-0.2, 0) is 11.4 Å². The molecule has 1 aromatic rings. The second-order valence-electron chi connectivity index (χ2n) is 3.16. The Labute approximate surface area is 105 Å². The van der Waals surface area contributed by atoms with Crippen molar-refractivity contribution in [2.24, 2.45) is 0 Å². The van der Waals surface area contributed by atoms with Crippen LogP contribution >= 0.6 is 0 Å². The smallest absolute Gasteiger partial charge is 0.494 e. The van der Waals surface area contributed by atoms with Gasteiger partial charge < -0.3 is 14.2 Å². The van der Waals surface area contributed by atoms with Crippen LogP contribution in [-0.4, -0.2) is 31.5 Å². The summed E-state index contributed by atoms with van der Waals surface area (Å²) in [5, 5.41) is 0. The fourth-order valence-electron chi connectivity index (χ4n) is 1.32. The molecule has 0 aliphatic heterocycles. The van der Waals surface area contributed by atoms with E-state index in [1.165, 1.54) is 0 Å². The minimum absolute atomic E-state index is 0.214. The van der Waals surface area contributed by atoms with E-state index >= 15 is 0 Å². The lowest BCUT2D eigenvalue weighted by Gasteiger charge is -2.15. The van der Waals surface area contributed by atoms with E-state index in [-0.39, 0.29) is 5.75 Å². The second kappa shape index (κ2) is 5.72. The van der Waals surface area contributed by atoms with Crippen molar-refractivity contribution in [1.29, 1.82) is 0 Å². The highest BCUT2D eigenvalue weighted by atomic mass is 19.4. The molecule has 0 radical (unpaired) electrons. The van der Waals surface area contributed by atoms with Gasteiger partial charge in [-0.3, -0.25) is 0 Å². The summed E-state index contributed by atoms with van der Waals surface area (Å²) in [6, 6.07) is 0. The van der Waals surface area contributed by atoms with Crippen molar-refractivity contribution >= 4 is 5.97 Å². The molecule has 1 rings (SSSR count). The number of nitrogens with zero attached hydrogens (tertiary/aromatic N) is 1. The van der Waals surface area contributed by atoms with E-state index in [1.54, 1.807) is 0 Å². The monoisotopic (exact) mass is 283 g/mol. The predicted octanol–water partition coefficient (Wildman–Crippen LogP) is 2.24. The third kappa shape index (κ3) is 3.46. The number of methoxy groups -OCH3 is 2. The van der Waals surface area contributed by atoms with Gasteiger partial charge in [-0.2, -0.15) is 0 Å². The van der Waals surface area contributed by atoms with Gasteiger partial charge in [0.25, 0.3) is 0 Å². The number of halogens is 4. The Bertz CT molecular complexity index is 475. The Morgan fingerprint density at radius 3 is 2.42 bits per heavy atom. The number of carbonyl (C=O) groups excluding carboxylic acids is 1. The van der Waals surface area contributed by atoms with Crippen LogP contribution in [0.25, 0.3) is 0 Å². The van der Waals surface area contributed by atoms with Gasteiger partial charge in [0.2, 0.25) is 5.88 Å². The predicted molar refractivity (Wildman–Crippen MR) is 53.6 cm³/mol. The SMILES string of the molecule is COC(=O)c1c(OC)cnc(OC(F)(F)F)c1CF. The zero-order valence-electron chi connectivity index (χ0n) is 9.88. The summed E-state index contributed by atoms with van der Waals surface area (Å²) in [5.74, 6) is -2.33. The highest BCUT2D eigenvalue weighted by Gasteiger charge is 2.35. The molecule has 0 amide bonds. The van der Waals surface area contributed by atoms with E-state index in [0.717, 1.165) is 20.4 Å². The van der Waals surface area contributed by atoms with Crippen LogP contribution in [0, 0.1) is 0 Å². The van der Waals surface area contributed by atoms with Crippen LogP contribution in [0.15, 0.2) is 6.20 Å². The summed E-state index contributed by atoms with van der Waals surface area (Å²) in [6.07, 6.45) is -4.24. The van der Waals surface area contributed by atoms with Crippen molar-refractivity contribution in [2.75, 3.05) is 14.2 Å². The lowest BCUT2D eigenvalue weighted by molar-refractivity contribution is -0.276. The largest absolute Gasteiger partial charge is 0.574 e. The highest BCUT2D eigenvalue weighted by Crippen LogP contribution is 2.32. The summed E-state index contributed by atoms with van der Waals surface area (Å²) >= 11 is 0. The number of ether oxygens (including phenoxy) is 3. The minimum atomic E-state index is -5.06. The number of rotatable bonds is 4. The van der Waals surface area contributed by atoms with Crippen LogP contribution in [0.5, 0.6) is 11.6 Å². The number of carbonyl (C=O) groups is 1. The maximum absolute atomic E-state index is 12.9. The highest BCUT2D eigenvalue weighted by molar-refractivity contribution is 5.94. The Morgan fingerprint density at radius 2 is 2.00 bits per heavy atom. The average Bonchev–Trinajstić information content (AvgIpc) is 2.35. The summed E-state index contributed by atoms with van der Waals surface area (Å²) in [6.45, 7) is -1.40. The van der Waals surface area contributed by atoms with Crippen LogP contribution < -0.4 is 9.47 Å². The lowest BCUT2D eigenvalue weighted by Crippen LogP contribution is -2.20. The number of pyridine rings is 1. The molecule has 0 bridgehead atoms. The molecule has 0 saturated heterocycles. The molecule has 0 aliphatic rings. The zero-order valence-corrected chi connectivity index (χ0v) is 9.88. The third-order valence-electron chi connectivity index (χ3n) is 2.06. The number of alkyl halides is 4. The molecule has 0 fully saturated rings. The van der Waals surface area contributed by atoms with E-state index in [1.807, 2.05) is 0 Å². The molecule has 1 heterocycles. The Morgan fingerprint density at radius 1 is 1.37 bits per heavy atom. The molecule has 0 unspecified atom stereocenters. The fraction of sp³-hybridized carbons (Fsp3) is 0.400. The first kappa shape index (κ1) is 15.0. The van der Waals surface area contributed by atoms with Gasteiger partial charge in [-0.15, -0.1) is 13.2 Å². The maximum Gasteiger partial charge on any atom is 0.574 e. The Hall–Kier alpha value is -2.06. The minimum Gasteiger partial charge on any atom is -0.494 e. The first-order valence-electron chi connectivity index (χ1n) is 4.80. The third-order valence-corrected chi connectivity index (χ3v) is 2.06. The summed E-state index contributed by atoms with van der Waals surface area (Å²) in [7, 11) is 2.14. The fourth-order valence-corrected chi connectivity index (χ4v) is 1.32. The quantitative estimate of drug-likeness (QED) is 0.626. The molecule has 0 saturated carbocycles. The second-order valence-corrected chi connectivity index (χ2v) is 3.16. The lowest BCUT2D eigenvalue weighted by atomic mass is 10.1. The van der Waals surface area contributed by atoms with Crippen LogP contribution in [0.3, 0.4) is 0 Å². The van der Waals surface area contributed by atoms with Gasteiger partial charge in [-0.25, -0.2) is 14.2 Å². The van der Waals surface area contributed by atoms with Crippen molar-refractivity contribution in [3.63, 3.8) is 0 Å². The molecule has 0 atom stereocenters. The van der Waals surface area contributed by atoms with Crippen molar-refractivity contribution < 1.29 is 36.6 Å². The van der Waals surface area contributed by atoms with E-state index in [4.69, 9.17) is 4.74 Å². The molecular formula is C10H9F4NO4. The molecule has 5 nitrogen and oxygen atoms in total. The van der Waals surface area contributed by atoms with Crippen molar-refractivity contribution in [2.45, 2.75) is 13.0 Å². The van der Waals surface area contributed by atoms with Crippen LogP contribution in [0.4, 0.5) is 17.6 Å². The summed E-state index contributed by atoms with van der Waals surface area (Å²) < 4.78 is 61.9. The van der Waals surface area contributed by atoms with Crippen molar-refractivity contribution in [3.05, 3.63) is 17.3 Å². The number of esters is 1. The first-order valence-corrected chi connectivity index (χ1v) is 4.80. The normalized spacial score (nSPS) is 11.1. The molecule has 9 heteroatoms. The van der Waals surface area contributed by atoms with E-state index in [9.17, 15) is 22.4 Å². The van der Waals surface area contributed by atoms with Gasteiger partial charge in [-0.1, -0.05) is 0 Å². The number of hydrogen-bond acceptors (Lipinski definition) is 5. The molecule has 106 valence electrons. The average molecular weight is 283 g/mol. The topological polar surface area (TPSA) is 57.7 Å². The molecule has 0 N–H and O–H groups in total. The van der Waals surface area contributed by atoms with Crippen LogP contribution in [0.2, 0.25) is 0 Å². The summed E-state index contributed by atoms with van der Waals surface area (Å²) in [5.41, 5.74) is -1.19. The number of aromatic nitrogens is 1. The number of hydrogen-bond donors (Lipinski definition) is 0. The Balaban J connectivity index is 3.40. The zero-order chi connectivity index (χ0) is 14.6. The van der Waals surface area contributed by atoms with Crippen molar-refractivity contribution in [1.82, 2.24) is 4.98 Å². The molecule has 0 aliphatic carbocycles. The van der Waals surface area contributed by atoms with E-state index < -0.39 is 36.0 Å². The van der Waals surface area contributed by atoms with Gasteiger partial charge in [0.05, 0.1) is 26.0 Å². The molecule has 1 aromatic heterocycles. The van der Waals surface area contributed by atoms with Crippen LogP contribution in [0.1, 0.15) is 15.9 Å². The standard InChI is InChI=1S/C10H9F4NO4/c1-17-6-4-15-8(19-10(12,13)14)5(3-11)7(6)9(16)18-2/h4H,3H2,1-2H3. The maximum atomic E-state index is 12.9. The van der Waals surface area contributed by atoms with Gasteiger partial charge in [0, 0.05) is 0 Å². The molecule has 0 aromatic carbocycles. The molecule has 0 spiro atoms. The Kier molecular flexibility index (Phi) is 4.52. The van der Waals surface area contributed by atoms with Gasteiger partial charge in [0.15, 0.2) is 5.75 Å². The van der Waals surface area contributed by atoms with E-state index in [2.05, 4.69) is 14.5 Å². The van der Waals surface area contributed by atoms with E-state index in [0.29, 0.717) is 0 Å².